The summed E-state index contributed by atoms with van der Waals surface area (Å²) in [5, 5.41) is 11.5. The van der Waals surface area contributed by atoms with E-state index >= 15 is 0 Å². The molecule has 0 aromatic carbocycles. The molecule has 16 heavy (non-hydrogen) atoms. The molecule has 1 heterocycles. The van der Waals surface area contributed by atoms with Gasteiger partial charge in [-0.25, -0.2) is 0 Å². The van der Waals surface area contributed by atoms with Crippen molar-refractivity contribution in [3.8, 4) is 0 Å². The first-order valence-corrected chi connectivity index (χ1v) is 5.64. The number of likely N-dealkylation sites (N-methyl/N-ethyl adjacent to an activating group) is 2. The van der Waals surface area contributed by atoms with E-state index in [-0.39, 0.29) is 11.9 Å². The number of rotatable bonds is 5. The molecule has 3 N–H and O–H groups in total. The van der Waals surface area contributed by atoms with Crippen molar-refractivity contribution in [1.82, 2.24) is 9.80 Å². The quantitative estimate of drug-likeness (QED) is 0.285. The van der Waals surface area contributed by atoms with Crippen LogP contribution >= 0.6 is 0 Å². The van der Waals surface area contributed by atoms with Gasteiger partial charge in [-0.15, -0.1) is 0 Å². The Morgan fingerprint density at radius 2 is 2.44 bits per heavy atom. The van der Waals surface area contributed by atoms with E-state index in [0.717, 1.165) is 32.8 Å². The van der Waals surface area contributed by atoms with Crippen LogP contribution in [0.5, 0.6) is 0 Å². The lowest BCUT2D eigenvalue weighted by atomic mass is 10.2. The zero-order chi connectivity index (χ0) is 12.0. The molecule has 1 atom stereocenters. The van der Waals surface area contributed by atoms with E-state index < -0.39 is 0 Å². The summed E-state index contributed by atoms with van der Waals surface area (Å²) in [5.41, 5.74) is 5.49. The summed E-state index contributed by atoms with van der Waals surface area (Å²) in [4.78, 5) is 4.37. The Balaban J connectivity index is 2.37. The molecule has 94 valence electrons. The van der Waals surface area contributed by atoms with Crippen LogP contribution in [0.3, 0.4) is 0 Å². The van der Waals surface area contributed by atoms with Gasteiger partial charge in [0.15, 0.2) is 5.84 Å². The van der Waals surface area contributed by atoms with Crippen molar-refractivity contribution in [2.45, 2.75) is 13.0 Å². The third-order valence-electron chi connectivity index (χ3n) is 2.76. The monoisotopic (exact) mass is 230 g/mol. The first-order chi connectivity index (χ1) is 7.65. The molecule has 0 amide bonds. The maximum absolute atomic E-state index is 8.52. The van der Waals surface area contributed by atoms with E-state index in [1.54, 1.807) is 0 Å². The predicted octanol–water partition coefficient (Wildman–Crippen LogP) is -0.615. The summed E-state index contributed by atoms with van der Waals surface area (Å²) < 4.78 is 5.67. The summed E-state index contributed by atoms with van der Waals surface area (Å²) in [6, 6.07) is 0. The van der Waals surface area contributed by atoms with Gasteiger partial charge in [-0.3, -0.25) is 4.90 Å². The van der Waals surface area contributed by atoms with Gasteiger partial charge in [0.2, 0.25) is 0 Å². The number of oxime groups is 1. The first-order valence-electron chi connectivity index (χ1n) is 5.64. The Morgan fingerprint density at radius 3 is 3.00 bits per heavy atom. The highest BCUT2D eigenvalue weighted by Gasteiger charge is 2.20. The molecule has 0 radical (unpaired) electrons. The fraction of sp³-hybridized carbons (Fsp3) is 0.900. The molecular weight excluding hydrogens is 208 g/mol. The SMILES string of the molecule is CCN(CC(N)=NO)CC1CN(C)CCO1. The molecule has 0 spiro atoms. The van der Waals surface area contributed by atoms with Crippen LogP contribution in [0.2, 0.25) is 0 Å². The summed E-state index contributed by atoms with van der Waals surface area (Å²) >= 11 is 0. The second-order valence-electron chi connectivity index (χ2n) is 4.17. The fourth-order valence-corrected chi connectivity index (χ4v) is 1.83. The van der Waals surface area contributed by atoms with Crippen LogP contribution in [0.1, 0.15) is 6.92 Å². The third-order valence-corrected chi connectivity index (χ3v) is 2.76. The summed E-state index contributed by atoms with van der Waals surface area (Å²) in [5.74, 6) is 0.242. The van der Waals surface area contributed by atoms with Gasteiger partial charge in [0.25, 0.3) is 0 Å². The number of ether oxygens (including phenoxy) is 1. The predicted molar refractivity (Wildman–Crippen MR) is 62.8 cm³/mol. The third kappa shape index (κ3) is 4.34. The van der Waals surface area contributed by atoms with Gasteiger partial charge in [0, 0.05) is 19.6 Å². The van der Waals surface area contributed by atoms with Crippen LogP contribution in [0, 0.1) is 0 Å². The Morgan fingerprint density at radius 1 is 1.69 bits per heavy atom. The number of nitrogens with zero attached hydrogens (tertiary/aromatic N) is 3. The zero-order valence-electron chi connectivity index (χ0n) is 10.1. The lowest BCUT2D eigenvalue weighted by Gasteiger charge is -2.33. The average molecular weight is 230 g/mol. The standard InChI is InChI=1S/C10H22N4O2/c1-3-14(8-10(11)12-15)7-9-6-13(2)4-5-16-9/h9,15H,3-8H2,1-2H3,(H2,11,12). The molecule has 1 rings (SSSR count). The first kappa shape index (κ1) is 13.2. The smallest absolute Gasteiger partial charge is 0.153 e. The van der Waals surface area contributed by atoms with E-state index in [1.807, 2.05) is 0 Å². The minimum atomic E-state index is 0.213. The molecule has 0 bridgehead atoms. The summed E-state index contributed by atoms with van der Waals surface area (Å²) in [6.45, 7) is 6.92. The second-order valence-corrected chi connectivity index (χ2v) is 4.17. The maximum atomic E-state index is 8.52. The van der Waals surface area contributed by atoms with Gasteiger partial charge in [-0.05, 0) is 13.6 Å². The van der Waals surface area contributed by atoms with Crippen molar-refractivity contribution in [2.75, 3.05) is 46.4 Å². The van der Waals surface area contributed by atoms with Crippen LogP contribution in [-0.4, -0.2) is 73.3 Å². The van der Waals surface area contributed by atoms with Gasteiger partial charge in [0.1, 0.15) is 0 Å². The van der Waals surface area contributed by atoms with Crippen molar-refractivity contribution < 1.29 is 9.94 Å². The molecule has 0 aliphatic carbocycles. The van der Waals surface area contributed by atoms with Crippen molar-refractivity contribution in [1.29, 1.82) is 0 Å². The molecule has 1 aliphatic heterocycles. The molecule has 1 saturated heterocycles. The van der Waals surface area contributed by atoms with Gasteiger partial charge in [0.05, 0.1) is 19.3 Å². The second kappa shape index (κ2) is 6.67. The van der Waals surface area contributed by atoms with Crippen molar-refractivity contribution in [2.24, 2.45) is 10.9 Å². The van der Waals surface area contributed by atoms with E-state index in [4.69, 9.17) is 15.7 Å². The molecule has 1 aliphatic rings. The number of nitrogens with two attached hydrogens (primary N) is 1. The molecule has 0 saturated carbocycles. The fourth-order valence-electron chi connectivity index (χ4n) is 1.83. The van der Waals surface area contributed by atoms with Crippen molar-refractivity contribution in [3.05, 3.63) is 0 Å². The Labute approximate surface area is 96.6 Å². The largest absolute Gasteiger partial charge is 0.409 e. The average Bonchev–Trinajstić information content (AvgIpc) is 2.28. The van der Waals surface area contributed by atoms with Crippen LogP contribution in [0.4, 0.5) is 0 Å². The van der Waals surface area contributed by atoms with E-state index in [0.29, 0.717) is 6.54 Å². The Kier molecular flexibility index (Phi) is 5.51. The number of amidine groups is 1. The minimum Gasteiger partial charge on any atom is -0.409 e. The summed E-state index contributed by atoms with van der Waals surface area (Å²) in [6.07, 6.45) is 0.213. The lowest BCUT2D eigenvalue weighted by Crippen LogP contribution is -2.47. The molecule has 6 nitrogen and oxygen atoms in total. The summed E-state index contributed by atoms with van der Waals surface area (Å²) in [7, 11) is 2.09. The van der Waals surface area contributed by atoms with E-state index in [1.165, 1.54) is 0 Å². The highest BCUT2D eigenvalue weighted by atomic mass is 16.5. The van der Waals surface area contributed by atoms with E-state index in [2.05, 4.69) is 28.9 Å². The normalized spacial score (nSPS) is 23.9. The zero-order valence-corrected chi connectivity index (χ0v) is 10.1. The number of hydrogen-bond acceptors (Lipinski definition) is 5. The van der Waals surface area contributed by atoms with Crippen LogP contribution in [0.25, 0.3) is 0 Å². The topological polar surface area (TPSA) is 74.3 Å². The highest BCUT2D eigenvalue weighted by molar-refractivity contribution is 5.81. The van der Waals surface area contributed by atoms with Crippen LogP contribution < -0.4 is 5.73 Å². The number of hydrogen-bond donors (Lipinski definition) is 2. The number of morpholine rings is 1. The van der Waals surface area contributed by atoms with Crippen molar-refractivity contribution in [3.63, 3.8) is 0 Å². The molecule has 0 aromatic rings. The van der Waals surface area contributed by atoms with Crippen molar-refractivity contribution >= 4 is 5.84 Å². The van der Waals surface area contributed by atoms with E-state index in [9.17, 15) is 0 Å². The molecule has 6 heteroatoms. The lowest BCUT2D eigenvalue weighted by molar-refractivity contribution is -0.0332. The van der Waals surface area contributed by atoms with Gasteiger partial charge < -0.3 is 20.6 Å². The van der Waals surface area contributed by atoms with Gasteiger partial charge in [-0.2, -0.15) is 0 Å². The maximum Gasteiger partial charge on any atom is 0.153 e. The molecular formula is C10H22N4O2. The van der Waals surface area contributed by atoms with Crippen LogP contribution in [-0.2, 0) is 4.74 Å². The Hall–Kier alpha value is -0.850. The molecule has 1 fully saturated rings. The minimum absolute atomic E-state index is 0.213. The highest BCUT2D eigenvalue weighted by Crippen LogP contribution is 2.05. The van der Waals surface area contributed by atoms with Gasteiger partial charge in [-0.1, -0.05) is 12.1 Å². The Bertz CT molecular complexity index is 235. The van der Waals surface area contributed by atoms with Crippen LogP contribution in [0.15, 0.2) is 5.16 Å². The molecule has 1 unspecified atom stereocenters. The molecule has 0 aromatic heterocycles. The van der Waals surface area contributed by atoms with Gasteiger partial charge >= 0.3 is 0 Å².